The first-order valence-electron chi connectivity index (χ1n) is 11.2. The molecule has 1 saturated carbocycles. The maximum absolute atomic E-state index is 12.9. The van der Waals surface area contributed by atoms with Crippen LogP contribution in [0.1, 0.15) is 49.7 Å². The van der Waals surface area contributed by atoms with Crippen LogP contribution in [-0.2, 0) is 4.79 Å². The average molecular weight is 474 g/mol. The van der Waals surface area contributed by atoms with Crippen LogP contribution in [-0.4, -0.2) is 18.5 Å². The smallest absolute Gasteiger partial charge is 0.452 e. The molecule has 1 aliphatic rings. The van der Waals surface area contributed by atoms with E-state index in [1.807, 2.05) is 6.08 Å². The topological polar surface area (TPSA) is 35.5 Å². The Labute approximate surface area is 196 Å². The van der Waals surface area contributed by atoms with E-state index in [1.54, 1.807) is 24.3 Å². The first-order chi connectivity index (χ1) is 16.2. The molecule has 7 heteroatoms. The van der Waals surface area contributed by atoms with Gasteiger partial charge in [-0.2, -0.15) is 17.6 Å². The molecule has 0 radical (unpaired) electrons. The zero-order chi connectivity index (χ0) is 24.6. The van der Waals surface area contributed by atoms with Gasteiger partial charge in [-0.15, -0.1) is 6.58 Å². The molecule has 3 nitrogen and oxygen atoms in total. The highest BCUT2D eigenvalue weighted by Crippen LogP contribution is 2.32. The molecule has 180 valence electrons. The van der Waals surface area contributed by atoms with Crippen LogP contribution in [0.25, 0.3) is 0 Å². The van der Waals surface area contributed by atoms with E-state index in [9.17, 15) is 22.4 Å². The molecule has 0 saturated heterocycles. The molecule has 0 aliphatic heterocycles. The van der Waals surface area contributed by atoms with Gasteiger partial charge in [0.1, 0.15) is 11.5 Å². The summed E-state index contributed by atoms with van der Waals surface area (Å²) in [6, 6.07) is 12.1. The summed E-state index contributed by atoms with van der Waals surface area (Å²) in [4.78, 5) is 12.5. The van der Waals surface area contributed by atoms with Crippen molar-refractivity contribution in [2.45, 2.75) is 51.1 Å². The van der Waals surface area contributed by atoms with E-state index < -0.39 is 12.5 Å². The SMILES string of the molecule is C=CCC[C@H]1CC[C@H](C(=O)Oc2ccc(C#Cc3ccc(OC(F)C(F)(F)F)cc3)cc2)CC1. The number of carbonyl (C=O) groups is 1. The molecule has 2 aromatic carbocycles. The van der Waals surface area contributed by atoms with Crippen molar-refractivity contribution >= 4 is 5.97 Å². The third-order valence-electron chi connectivity index (χ3n) is 5.73. The molecule has 0 N–H and O–H groups in total. The highest BCUT2D eigenvalue weighted by Gasteiger charge is 2.42. The van der Waals surface area contributed by atoms with Gasteiger partial charge < -0.3 is 9.47 Å². The van der Waals surface area contributed by atoms with Gasteiger partial charge in [-0.3, -0.25) is 4.79 Å². The van der Waals surface area contributed by atoms with Crippen LogP contribution in [0.4, 0.5) is 17.6 Å². The molecule has 3 rings (SSSR count). The number of allylic oxidation sites excluding steroid dienone is 1. The molecule has 2 aromatic rings. The molecular weight excluding hydrogens is 448 g/mol. The second kappa shape index (κ2) is 11.7. The van der Waals surface area contributed by atoms with E-state index in [4.69, 9.17) is 4.74 Å². The average Bonchev–Trinajstić information content (AvgIpc) is 2.83. The Balaban J connectivity index is 1.50. The third-order valence-corrected chi connectivity index (χ3v) is 5.73. The van der Waals surface area contributed by atoms with Gasteiger partial charge in [0.2, 0.25) is 0 Å². The number of rotatable bonds is 7. The van der Waals surface area contributed by atoms with Crippen LogP contribution >= 0.6 is 0 Å². The van der Waals surface area contributed by atoms with Gasteiger partial charge in [0.25, 0.3) is 0 Å². The Morgan fingerprint density at radius 2 is 1.50 bits per heavy atom. The number of esters is 1. The molecule has 0 spiro atoms. The quantitative estimate of drug-likeness (QED) is 0.143. The molecule has 1 aliphatic carbocycles. The summed E-state index contributed by atoms with van der Waals surface area (Å²) in [6.45, 7) is 3.76. The molecule has 1 atom stereocenters. The second-order valence-corrected chi connectivity index (χ2v) is 8.28. The van der Waals surface area contributed by atoms with E-state index in [-0.39, 0.29) is 17.6 Å². The van der Waals surface area contributed by atoms with Crippen LogP contribution in [0.15, 0.2) is 61.2 Å². The lowest BCUT2D eigenvalue weighted by Crippen LogP contribution is -2.29. The minimum atomic E-state index is -5.08. The summed E-state index contributed by atoms with van der Waals surface area (Å²) in [6.07, 6.45) is -0.634. The van der Waals surface area contributed by atoms with Gasteiger partial charge in [-0.1, -0.05) is 17.9 Å². The molecular formula is C27H26F4O3. The number of hydrogen-bond donors (Lipinski definition) is 0. The Morgan fingerprint density at radius 1 is 0.971 bits per heavy atom. The maximum Gasteiger partial charge on any atom is 0.457 e. The van der Waals surface area contributed by atoms with Gasteiger partial charge in [-0.25, -0.2) is 0 Å². The first-order valence-corrected chi connectivity index (χ1v) is 11.2. The summed E-state index contributed by atoms with van der Waals surface area (Å²) in [7, 11) is 0. The van der Waals surface area contributed by atoms with Crippen LogP contribution < -0.4 is 9.47 Å². The van der Waals surface area contributed by atoms with Gasteiger partial charge in [0.15, 0.2) is 0 Å². The van der Waals surface area contributed by atoms with Crippen molar-refractivity contribution in [1.82, 2.24) is 0 Å². The van der Waals surface area contributed by atoms with E-state index >= 15 is 0 Å². The highest BCUT2D eigenvalue weighted by atomic mass is 19.4. The lowest BCUT2D eigenvalue weighted by atomic mass is 9.80. The maximum atomic E-state index is 12.9. The van der Waals surface area contributed by atoms with Crippen molar-refractivity contribution in [3.8, 4) is 23.3 Å². The van der Waals surface area contributed by atoms with Crippen LogP contribution in [0.2, 0.25) is 0 Å². The predicted octanol–water partition coefficient (Wildman–Crippen LogP) is 7.00. The highest BCUT2D eigenvalue weighted by molar-refractivity contribution is 5.75. The molecule has 0 bridgehead atoms. The minimum absolute atomic E-state index is 0.0739. The fourth-order valence-electron chi connectivity index (χ4n) is 3.79. The van der Waals surface area contributed by atoms with Gasteiger partial charge >= 0.3 is 18.5 Å². The van der Waals surface area contributed by atoms with E-state index in [2.05, 4.69) is 23.2 Å². The summed E-state index contributed by atoms with van der Waals surface area (Å²) in [5.74, 6) is 6.37. The van der Waals surface area contributed by atoms with E-state index in [1.165, 1.54) is 24.3 Å². The third kappa shape index (κ3) is 7.65. The van der Waals surface area contributed by atoms with Crippen LogP contribution in [0.5, 0.6) is 11.5 Å². The van der Waals surface area contributed by atoms with Gasteiger partial charge in [0, 0.05) is 11.1 Å². The summed E-state index contributed by atoms with van der Waals surface area (Å²) in [5, 5.41) is 0. The lowest BCUT2D eigenvalue weighted by Gasteiger charge is -2.26. The zero-order valence-corrected chi connectivity index (χ0v) is 18.6. The van der Waals surface area contributed by atoms with Crippen LogP contribution in [0, 0.1) is 23.7 Å². The Kier molecular flexibility index (Phi) is 8.75. The van der Waals surface area contributed by atoms with Crippen molar-refractivity contribution < 1.29 is 31.8 Å². The minimum Gasteiger partial charge on any atom is -0.452 e. The van der Waals surface area contributed by atoms with Crippen molar-refractivity contribution in [3.05, 3.63) is 72.3 Å². The zero-order valence-electron chi connectivity index (χ0n) is 18.6. The van der Waals surface area contributed by atoms with Crippen LogP contribution in [0.3, 0.4) is 0 Å². The van der Waals surface area contributed by atoms with E-state index in [0.717, 1.165) is 38.5 Å². The Hall–Kier alpha value is -3.27. The monoisotopic (exact) mass is 474 g/mol. The second-order valence-electron chi connectivity index (χ2n) is 8.28. The number of carbonyl (C=O) groups excluding carboxylic acids is 1. The van der Waals surface area contributed by atoms with Crippen molar-refractivity contribution in [1.29, 1.82) is 0 Å². The van der Waals surface area contributed by atoms with Gasteiger partial charge in [-0.05, 0) is 93.0 Å². The molecule has 1 fully saturated rings. The fraction of sp³-hybridized carbons (Fsp3) is 0.370. The number of hydrogen-bond acceptors (Lipinski definition) is 3. The molecule has 34 heavy (non-hydrogen) atoms. The fourth-order valence-corrected chi connectivity index (χ4v) is 3.79. The number of alkyl halides is 4. The normalized spacial score (nSPS) is 18.8. The van der Waals surface area contributed by atoms with Gasteiger partial charge in [0.05, 0.1) is 5.92 Å². The molecule has 0 aromatic heterocycles. The standard InChI is InChI=1S/C27H26F4O3/c1-2-3-4-19-7-13-22(14-8-19)25(32)33-23-15-9-20(10-16-23)5-6-21-11-17-24(18-12-21)34-26(28)27(29,30)31/h2,9-12,15-19,22,26H,1,3-4,7-8,13-14H2/t19-,22-,26?. The molecule has 0 amide bonds. The molecule has 0 heterocycles. The lowest BCUT2D eigenvalue weighted by molar-refractivity contribution is -0.236. The Bertz CT molecular complexity index is 1010. The summed E-state index contributed by atoms with van der Waals surface area (Å²) in [5.41, 5.74) is 1.19. The predicted molar refractivity (Wildman–Crippen MR) is 121 cm³/mol. The summed E-state index contributed by atoms with van der Waals surface area (Å²) < 4.78 is 59.3. The van der Waals surface area contributed by atoms with Crippen molar-refractivity contribution in [2.75, 3.05) is 0 Å². The largest absolute Gasteiger partial charge is 0.457 e. The number of halogens is 4. The Morgan fingerprint density at radius 3 is 2.00 bits per heavy atom. The number of benzene rings is 2. The van der Waals surface area contributed by atoms with Crippen molar-refractivity contribution in [3.63, 3.8) is 0 Å². The van der Waals surface area contributed by atoms with E-state index in [0.29, 0.717) is 22.8 Å². The molecule has 1 unspecified atom stereocenters. The summed E-state index contributed by atoms with van der Waals surface area (Å²) >= 11 is 0. The first kappa shape index (κ1) is 25.4. The van der Waals surface area contributed by atoms with Crippen molar-refractivity contribution in [2.24, 2.45) is 11.8 Å². The number of ether oxygens (including phenoxy) is 2.